The summed E-state index contributed by atoms with van der Waals surface area (Å²) < 4.78 is 12.9. The van der Waals surface area contributed by atoms with Crippen LogP contribution in [0.1, 0.15) is 25.5 Å². The Hall–Kier alpha value is -1.11. The summed E-state index contributed by atoms with van der Waals surface area (Å²) in [5, 5.41) is 12.0. The van der Waals surface area contributed by atoms with Gasteiger partial charge in [0.15, 0.2) is 0 Å². The molecule has 15 heavy (non-hydrogen) atoms. The Kier molecular flexibility index (Phi) is 4.07. The van der Waals surface area contributed by atoms with Crippen LogP contribution in [0.3, 0.4) is 0 Å². The van der Waals surface area contributed by atoms with Gasteiger partial charge in [-0.15, -0.1) is 0 Å². The lowest BCUT2D eigenvalue weighted by atomic mass is 10.1. The minimum absolute atomic E-state index is 0.0401. The Balaban J connectivity index is 2.94. The SMILES string of the molecule is CC(C)NC(C#N)c1ccc(F)c(Cl)c1. The van der Waals surface area contributed by atoms with E-state index in [1.165, 1.54) is 12.1 Å². The van der Waals surface area contributed by atoms with Crippen molar-refractivity contribution in [3.63, 3.8) is 0 Å². The number of nitrogens with one attached hydrogen (secondary N) is 1. The van der Waals surface area contributed by atoms with Crippen molar-refractivity contribution in [2.24, 2.45) is 0 Å². The maximum absolute atomic E-state index is 12.9. The van der Waals surface area contributed by atoms with Crippen LogP contribution >= 0.6 is 11.6 Å². The highest BCUT2D eigenvalue weighted by molar-refractivity contribution is 6.30. The molecule has 1 N–H and O–H groups in total. The largest absolute Gasteiger partial charge is 0.296 e. The van der Waals surface area contributed by atoms with Gasteiger partial charge in [-0.25, -0.2) is 4.39 Å². The van der Waals surface area contributed by atoms with Gasteiger partial charge < -0.3 is 0 Å². The van der Waals surface area contributed by atoms with Crippen molar-refractivity contribution in [1.29, 1.82) is 5.26 Å². The number of benzene rings is 1. The van der Waals surface area contributed by atoms with Gasteiger partial charge in [0.1, 0.15) is 11.9 Å². The number of rotatable bonds is 3. The van der Waals surface area contributed by atoms with Gasteiger partial charge in [-0.3, -0.25) is 5.32 Å². The first-order valence-electron chi connectivity index (χ1n) is 4.65. The summed E-state index contributed by atoms with van der Waals surface area (Å²) in [6, 6.07) is 6.13. The second-order valence-corrected chi connectivity index (χ2v) is 3.96. The van der Waals surface area contributed by atoms with Crippen molar-refractivity contribution >= 4 is 11.6 Å². The molecule has 0 aliphatic rings. The summed E-state index contributed by atoms with van der Waals surface area (Å²) in [6.45, 7) is 3.88. The zero-order chi connectivity index (χ0) is 11.4. The normalized spacial score (nSPS) is 12.5. The van der Waals surface area contributed by atoms with Crippen molar-refractivity contribution < 1.29 is 4.39 Å². The number of hydrogen-bond acceptors (Lipinski definition) is 2. The molecule has 1 aromatic carbocycles. The second-order valence-electron chi connectivity index (χ2n) is 3.56. The van der Waals surface area contributed by atoms with Gasteiger partial charge in [-0.2, -0.15) is 5.26 Å². The van der Waals surface area contributed by atoms with Gasteiger partial charge in [0.2, 0.25) is 0 Å². The maximum Gasteiger partial charge on any atom is 0.141 e. The Bertz CT molecular complexity index is 385. The van der Waals surface area contributed by atoms with Crippen LogP contribution in [0.2, 0.25) is 5.02 Å². The van der Waals surface area contributed by atoms with Crippen molar-refractivity contribution in [2.75, 3.05) is 0 Å². The Morgan fingerprint density at radius 1 is 1.47 bits per heavy atom. The monoisotopic (exact) mass is 226 g/mol. The minimum Gasteiger partial charge on any atom is -0.296 e. The molecule has 0 heterocycles. The van der Waals surface area contributed by atoms with Crippen LogP contribution < -0.4 is 5.32 Å². The summed E-state index contributed by atoms with van der Waals surface area (Å²) in [7, 11) is 0. The molecule has 1 rings (SSSR count). The van der Waals surface area contributed by atoms with E-state index in [1.807, 2.05) is 13.8 Å². The molecule has 0 amide bonds. The molecule has 0 spiro atoms. The van der Waals surface area contributed by atoms with E-state index in [9.17, 15) is 4.39 Å². The molecule has 0 radical (unpaired) electrons. The molecule has 2 nitrogen and oxygen atoms in total. The number of nitriles is 1. The van der Waals surface area contributed by atoms with Crippen LogP contribution in [-0.2, 0) is 0 Å². The average molecular weight is 227 g/mol. The lowest BCUT2D eigenvalue weighted by Gasteiger charge is -2.14. The fourth-order valence-corrected chi connectivity index (χ4v) is 1.42. The van der Waals surface area contributed by atoms with Crippen molar-refractivity contribution in [3.8, 4) is 6.07 Å². The summed E-state index contributed by atoms with van der Waals surface area (Å²) in [4.78, 5) is 0. The minimum atomic E-state index is -0.471. The van der Waals surface area contributed by atoms with Crippen LogP contribution in [0, 0.1) is 17.1 Å². The predicted octanol–water partition coefficient (Wildman–Crippen LogP) is 3.04. The zero-order valence-corrected chi connectivity index (χ0v) is 9.35. The third-order valence-corrected chi connectivity index (χ3v) is 2.20. The summed E-state index contributed by atoms with van der Waals surface area (Å²) in [6.07, 6.45) is 0. The first kappa shape index (κ1) is 12.0. The van der Waals surface area contributed by atoms with E-state index in [4.69, 9.17) is 16.9 Å². The molecular weight excluding hydrogens is 215 g/mol. The Labute approximate surface area is 93.7 Å². The van der Waals surface area contributed by atoms with E-state index in [2.05, 4.69) is 11.4 Å². The quantitative estimate of drug-likeness (QED) is 0.860. The molecule has 1 atom stereocenters. The average Bonchev–Trinajstić information content (AvgIpc) is 2.18. The Morgan fingerprint density at radius 2 is 2.13 bits per heavy atom. The fourth-order valence-electron chi connectivity index (χ4n) is 1.23. The molecule has 1 aromatic rings. The molecule has 0 aliphatic carbocycles. The molecule has 0 saturated carbocycles. The standard InChI is InChI=1S/C11H12ClFN2/c1-7(2)15-11(6-14)8-3-4-10(13)9(12)5-8/h3-5,7,11,15H,1-2H3. The first-order valence-corrected chi connectivity index (χ1v) is 5.03. The third kappa shape index (κ3) is 3.19. The predicted molar refractivity (Wildman–Crippen MR) is 58.0 cm³/mol. The Morgan fingerprint density at radius 3 is 2.60 bits per heavy atom. The van der Waals surface area contributed by atoms with Gasteiger partial charge >= 0.3 is 0 Å². The van der Waals surface area contributed by atoms with Crippen molar-refractivity contribution in [2.45, 2.75) is 25.9 Å². The van der Waals surface area contributed by atoms with Gasteiger partial charge in [-0.05, 0) is 31.5 Å². The van der Waals surface area contributed by atoms with Gasteiger partial charge in [0.05, 0.1) is 11.1 Å². The smallest absolute Gasteiger partial charge is 0.141 e. The van der Waals surface area contributed by atoms with E-state index in [0.29, 0.717) is 5.56 Å². The van der Waals surface area contributed by atoms with Crippen LogP contribution in [0.25, 0.3) is 0 Å². The molecule has 80 valence electrons. The highest BCUT2D eigenvalue weighted by atomic mass is 35.5. The molecule has 1 unspecified atom stereocenters. The summed E-state index contributed by atoms with van der Waals surface area (Å²) in [5.41, 5.74) is 0.678. The van der Waals surface area contributed by atoms with Gasteiger partial charge in [-0.1, -0.05) is 17.7 Å². The molecule has 0 saturated heterocycles. The highest BCUT2D eigenvalue weighted by Gasteiger charge is 2.12. The third-order valence-electron chi connectivity index (χ3n) is 1.91. The van der Waals surface area contributed by atoms with Crippen LogP contribution in [0.5, 0.6) is 0 Å². The zero-order valence-electron chi connectivity index (χ0n) is 8.59. The molecular formula is C11H12ClFN2. The van der Waals surface area contributed by atoms with Gasteiger partial charge in [0.25, 0.3) is 0 Å². The van der Waals surface area contributed by atoms with Gasteiger partial charge in [0, 0.05) is 6.04 Å². The van der Waals surface area contributed by atoms with E-state index in [-0.39, 0.29) is 11.1 Å². The fraction of sp³-hybridized carbons (Fsp3) is 0.364. The number of nitrogens with zero attached hydrogens (tertiary/aromatic N) is 1. The van der Waals surface area contributed by atoms with E-state index in [0.717, 1.165) is 0 Å². The van der Waals surface area contributed by atoms with Crippen molar-refractivity contribution in [1.82, 2.24) is 5.32 Å². The molecule has 0 bridgehead atoms. The molecule has 0 fully saturated rings. The van der Waals surface area contributed by atoms with Crippen LogP contribution in [0.4, 0.5) is 4.39 Å². The lowest BCUT2D eigenvalue weighted by Crippen LogP contribution is -2.27. The second kappa shape index (κ2) is 5.11. The van der Waals surface area contributed by atoms with Crippen molar-refractivity contribution in [3.05, 3.63) is 34.6 Å². The number of halogens is 2. The molecule has 0 aromatic heterocycles. The van der Waals surface area contributed by atoms with Crippen LogP contribution in [-0.4, -0.2) is 6.04 Å². The van der Waals surface area contributed by atoms with E-state index < -0.39 is 11.9 Å². The topological polar surface area (TPSA) is 35.8 Å². The molecule has 4 heteroatoms. The lowest BCUT2D eigenvalue weighted by molar-refractivity contribution is 0.545. The van der Waals surface area contributed by atoms with Crippen LogP contribution in [0.15, 0.2) is 18.2 Å². The van der Waals surface area contributed by atoms with E-state index >= 15 is 0 Å². The number of hydrogen-bond donors (Lipinski definition) is 1. The first-order chi connectivity index (χ1) is 7.04. The summed E-state index contributed by atoms with van der Waals surface area (Å²) in [5.74, 6) is -0.471. The molecule has 0 aliphatic heterocycles. The highest BCUT2D eigenvalue weighted by Crippen LogP contribution is 2.20. The summed E-state index contributed by atoms with van der Waals surface area (Å²) >= 11 is 5.64. The maximum atomic E-state index is 12.9. The van der Waals surface area contributed by atoms with E-state index in [1.54, 1.807) is 6.07 Å².